The molecule has 3 atom stereocenters. The molecule has 2 saturated heterocycles. The van der Waals surface area contributed by atoms with Crippen LogP contribution in [0.25, 0.3) is 0 Å². The van der Waals surface area contributed by atoms with Crippen molar-refractivity contribution in [2.45, 2.75) is 45.0 Å². The molecule has 3 aliphatic rings. The van der Waals surface area contributed by atoms with Crippen LogP contribution in [0.2, 0.25) is 0 Å². The third kappa shape index (κ3) is 5.17. The van der Waals surface area contributed by atoms with Gasteiger partial charge in [0.1, 0.15) is 0 Å². The van der Waals surface area contributed by atoms with E-state index in [1.807, 2.05) is 0 Å². The molecule has 3 rings (SSSR count). The second-order valence-electron chi connectivity index (χ2n) is 7.67. The minimum absolute atomic E-state index is 0.243. The van der Waals surface area contributed by atoms with E-state index in [4.69, 9.17) is 4.74 Å². The first-order chi connectivity index (χ1) is 10.6. The SMILES string of the molecule is CC1CN(CC(O)CN2CCN(CC3CC3)CC2)CC(C)O1. The topological polar surface area (TPSA) is 39.2 Å². The average molecular weight is 311 g/mol. The lowest BCUT2D eigenvalue weighted by molar-refractivity contribution is -0.0785. The molecule has 1 saturated carbocycles. The van der Waals surface area contributed by atoms with Gasteiger partial charge in [0.25, 0.3) is 0 Å². The Balaban J connectivity index is 1.34. The number of aliphatic hydroxyl groups excluding tert-OH is 1. The number of rotatable bonds is 6. The lowest BCUT2D eigenvalue weighted by atomic mass is 10.2. The van der Waals surface area contributed by atoms with Gasteiger partial charge in [0, 0.05) is 58.9 Å². The summed E-state index contributed by atoms with van der Waals surface area (Å²) in [4.78, 5) is 7.39. The Morgan fingerprint density at radius 2 is 1.45 bits per heavy atom. The van der Waals surface area contributed by atoms with E-state index in [-0.39, 0.29) is 18.3 Å². The highest BCUT2D eigenvalue weighted by Gasteiger charge is 2.28. The molecule has 2 heterocycles. The molecule has 1 N–H and O–H groups in total. The molecular weight excluding hydrogens is 278 g/mol. The lowest BCUT2D eigenvalue weighted by Gasteiger charge is -2.38. The van der Waals surface area contributed by atoms with Gasteiger partial charge < -0.3 is 14.7 Å². The smallest absolute Gasteiger partial charge is 0.0793 e. The first kappa shape index (κ1) is 16.7. The highest BCUT2D eigenvalue weighted by atomic mass is 16.5. The largest absolute Gasteiger partial charge is 0.390 e. The van der Waals surface area contributed by atoms with Gasteiger partial charge in [-0.05, 0) is 32.6 Å². The first-order valence-corrected chi connectivity index (χ1v) is 9.09. The van der Waals surface area contributed by atoms with Crippen LogP contribution in [0.5, 0.6) is 0 Å². The molecule has 2 aliphatic heterocycles. The first-order valence-electron chi connectivity index (χ1n) is 9.09. The molecule has 5 nitrogen and oxygen atoms in total. The molecule has 22 heavy (non-hydrogen) atoms. The Kier molecular flexibility index (Phi) is 5.74. The molecule has 128 valence electrons. The van der Waals surface area contributed by atoms with Crippen molar-refractivity contribution in [3.8, 4) is 0 Å². The third-order valence-electron chi connectivity index (χ3n) is 5.11. The van der Waals surface area contributed by atoms with Gasteiger partial charge in [0.15, 0.2) is 0 Å². The molecular formula is C17H33N3O2. The van der Waals surface area contributed by atoms with Gasteiger partial charge in [-0.1, -0.05) is 0 Å². The van der Waals surface area contributed by atoms with Crippen molar-refractivity contribution in [3.05, 3.63) is 0 Å². The zero-order chi connectivity index (χ0) is 15.5. The van der Waals surface area contributed by atoms with Crippen LogP contribution in [-0.2, 0) is 4.74 Å². The molecule has 0 bridgehead atoms. The standard InChI is InChI=1S/C17H33N3O2/c1-14-9-20(10-15(2)22-14)13-17(21)12-19-7-5-18(6-8-19)11-16-3-4-16/h14-17,21H,3-13H2,1-2H3. The molecule has 0 spiro atoms. The molecule has 3 fully saturated rings. The summed E-state index contributed by atoms with van der Waals surface area (Å²) in [5.41, 5.74) is 0. The van der Waals surface area contributed by atoms with Crippen molar-refractivity contribution < 1.29 is 9.84 Å². The van der Waals surface area contributed by atoms with Gasteiger partial charge in [0.2, 0.25) is 0 Å². The predicted molar refractivity (Wildman–Crippen MR) is 88.1 cm³/mol. The Morgan fingerprint density at radius 3 is 2.05 bits per heavy atom. The number of hydrogen-bond acceptors (Lipinski definition) is 5. The zero-order valence-electron chi connectivity index (χ0n) is 14.3. The maximum atomic E-state index is 10.4. The van der Waals surface area contributed by atoms with Gasteiger partial charge in [-0.3, -0.25) is 9.80 Å². The highest BCUT2D eigenvalue weighted by molar-refractivity contribution is 4.82. The third-order valence-corrected chi connectivity index (χ3v) is 5.11. The summed E-state index contributed by atoms with van der Waals surface area (Å²) in [6.07, 6.45) is 3.20. The van der Waals surface area contributed by atoms with Gasteiger partial charge in [-0.15, -0.1) is 0 Å². The summed E-state index contributed by atoms with van der Waals surface area (Å²) in [5, 5.41) is 10.4. The minimum Gasteiger partial charge on any atom is -0.390 e. The number of β-amino-alcohol motifs (C(OH)–C–C–N with tert-alkyl or cyclic N) is 1. The van der Waals surface area contributed by atoms with Gasteiger partial charge >= 0.3 is 0 Å². The summed E-state index contributed by atoms with van der Waals surface area (Å²) >= 11 is 0. The summed E-state index contributed by atoms with van der Waals surface area (Å²) in [6, 6.07) is 0. The average Bonchev–Trinajstić information content (AvgIpc) is 3.23. The van der Waals surface area contributed by atoms with Crippen LogP contribution in [0.3, 0.4) is 0 Å². The summed E-state index contributed by atoms with van der Waals surface area (Å²) in [6.45, 7) is 13.6. The normalized spacial score (nSPS) is 34.0. The van der Waals surface area contributed by atoms with Crippen LogP contribution in [-0.4, -0.2) is 97.0 Å². The second-order valence-corrected chi connectivity index (χ2v) is 7.67. The quantitative estimate of drug-likeness (QED) is 0.773. The van der Waals surface area contributed by atoms with Crippen molar-refractivity contribution >= 4 is 0 Å². The van der Waals surface area contributed by atoms with E-state index >= 15 is 0 Å². The number of hydrogen-bond donors (Lipinski definition) is 1. The van der Waals surface area contributed by atoms with Crippen LogP contribution >= 0.6 is 0 Å². The van der Waals surface area contributed by atoms with Crippen molar-refractivity contribution in [3.63, 3.8) is 0 Å². The monoisotopic (exact) mass is 311 g/mol. The van der Waals surface area contributed by atoms with E-state index in [9.17, 15) is 5.11 Å². The maximum Gasteiger partial charge on any atom is 0.0793 e. The molecule has 0 radical (unpaired) electrons. The van der Waals surface area contributed by atoms with Crippen molar-refractivity contribution in [1.82, 2.24) is 14.7 Å². The predicted octanol–water partition coefficient (Wildman–Crippen LogP) is 0.484. The Bertz CT molecular complexity index is 333. The van der Waals surface area contributed by atoms with E-state index in [1.54, 1.807) is 0 Å². The number of aliphatic hydroxyl groups is 1. The fraction of sp³-hybridized carbons (Fsp3) is 1.00. The van der Waals surface area contributed by atoms with E-state index in [0.29, 0.717) is 0 Å². The molecule has 0 aromatic rings. The minimum atomic E-state index is -0.243. The van der Waals surface area contributed by atoms with Gasteiger partial charge in [-0.25, -0.2) is 0 Å². The summed E-state index contributed by atoms with van der Waals surface area (Å²) in [7, 11) is 0. The zero-order valence-corrected chi connectivity index (χ0v) is 14.3. The van der Waals surface area contributed by atoms with E-state index in [2.05, 4.69) is 28.5 Å². The molecule has 5 heteroatoms. The molecule has 0 aromatic heterocycles. The fourth-order valence-corrected chi connectivity index (χ4v) is 3.91. The van der Waals surface area contributed by atoms with Gasteiger partial charge in [0.05, 0.1) is 18.3 Å². The van der Waals surface area contributed by atoms with Crippen molar-refractivity contribution in [2.75, 3.05) is 58.9 Å². The van der Waals surface area contributed by atoms with E-state index < -0.39 is 0 Å². The van der Waals surface area contributed by atoms with Crippen LogP contribution in [0.1, 0.15) is 26.7 Å². The fourth-order valence-electron chi connectivity index (χ4n) is 3.91. The number of nitrogens with zero attached hydrogens (tertiary/aromatic N) is 3. The van der Waals surface area contributed by atoms with Crippen molar-refractivity contribution in [2.24, 2.45) is 5.92 Å². The Morgan fingerprint density at radius 1 is 0.909 bits per heavy atom. The number of morpholine rings is 1. The Hall–Kier alpha value is -0.200. The second kappa shape index (κ2) is 7.58. The van der Waals surface area contributed by atoms with E-state index in [1.165, 1.54) is 32.5 Å². The Labute approximate surface area is 135 Å². The van der Waals surface area contributed by atoms with Gasteiger partial charge in [-0.2, -0.15) is 0 Å². The lowest BCUT2D eigenvalue weighted by Crippen LogP contribution is -2.52. The molecule has 0 aromatic carbocycles. The van der Waals surface area contributed by atoms with Crippen LogP contribution < -0.4 is 0 Å². The summed E-state index contributed by atoms with van der Waals surface area (Å²) in [5.74, 6) is 0.988. The number of ether oxygens (including phenoxy) is 1. The van der Waals surface area contributed by atoms with Crippen LogP contribution in [0, 0.1) is 5.92 Å². The van der Waals surface area contributed by atoms with Crippen LogP contribution in [0.15, 0.2) is 0 Å². The highest BCUT2D eigenvalue weighted by Crippen LogP contribution is 2.29. The number of piperazine rings is 1. The molecule has 3 unspecified atom stereocenters. The van der Waals surface area contributed by atoms with Crippen LogP contribution in [0.4, 0.5) is 0 Å². The molecule has 1 aliphatic carbocycles. The van der Waals surface area contributed by atoms with E-state index in [0.717, 1.165) is 45.2 Å². The van der Waals surface area contributed by atoms with Crippen molar-refractivity contribution in [1.29, 1.82) is 0 Å². The maximum absolute atomic E-state index is 10.4. The summed E-state index contributed by atoms with van der Waals surface area (Å²) < 4.78 is 5.76. The molecule has 0 amide bonds.